The van der Waals surface area contributed by atoms with Gasteiger partial charge in [-0.15, -0.1) is 0 Å². The average molecular weight is 260 g/mol. The fraction of sp³-hybridized carbons (Fsp3) is 0.308. The number of aliphatic hydroxyl groups is 1. The van der Waals surface area contributed by atoms with Crippen molar-refractivity contribution in [3.63, 3.8) is 0 Å². The quantitative estimate of drug-likeness (QED) is 0.860. The molecule has 0 aliphatic carbocycles. The number of amides is 1. The second kappa shape index (κ2) is 6.10. The Hall–Kier alpha value is -2.21. The molecule has 1 aromatic heterocycles. The minimum atomic E-state index is -0.0986. The molecule has 1 N–H and O–H groups in total. The van der Waals surface area contributed by atoms with Gasteiger partial charge in [-0.2, -0.15) is 5.10 Å². The highest BCUT2D eigenvalue weighted by atomic mass is 16.3. The lowest BCUT2D eigenvalue weighted by Gasteiger charge is -2.19. The molecule has 6 heteroatoms. The van der Waals surface area contributed by atoms with Gasteiger partial charge in [0.15, 0.2) is 0 Å². The van der Waals surface area contributed by atoms with Crippen molar-refractivity contribution in [2.75, 3.05) is 19.7 Å². The van der Waals surface area contributed by atoms with Gasteiger partial charge in [-0.25, -0.2) is 9.67 Å². The molecule has 1 aromatic carbocycles. The van der Waals surface area contributed by atoms with Crippen molar-refractivity contribution in [1.82, 2.24) is 19.7 Å². The molecule has 0 spiro atoms. The number of carbonyl (C=O) groups excluding carboxylic acids is 1. The zero-order valence-corrected chi connectivity index (χ0v) is 10.7. The van der Waals surface area contributed by atoms with Gasteiger partial charge < -0.3 is 10.0 Å². The highest BCUT2D eigenvalue weighted by Gasteiger charge is 2.14. The van der Waals surface area contributed by atoms with Crippen LogP contribution in [0.4, 0.5) is 0 Å². The molecule has 0 aliphatic heterocycles. The Kier molecular flexibility index (Phi) is 4.25. The van der Waals surface area contributed by atoms with Gasteiger partial charge in [-0.05, 0) is 25.1 Å². The maximum Gasteiger partial charge on any atom is 0.253 e. The van der Waals surface area contributed by atoms with Crippen molar-refractivity contribution in [2.24, 2.45) is 0 Å². The first-order valence-electron chi connectivity index (χ1n) is 6.11. The maximum atomic E-state index is 12.3. The average Bonchev–Trinajstić information content (AvgIpc) is 2.98. The van der Waals surface area contributed by atoms with Gasteiger partial charge in [0.2, 0.25) is 0 Å². The van der Waals surface area contributed by atoms with E-state index in [0.29, 0.717) is 18.7 Å². The molecule has 19 heavy (non-hydrogen) atoms. The Bertz CT molecular complexity index is 539. The van der Waals surface area contributed by atoms with E-state index in [1.807, 2.05) is 13.0 Å². The minimum Gasteiger partial charge on any atom is -0.395 e. The van der Waals surface area contributed by atoms with Gasteiger partial charge in [0, 0.05) is 18.7 Å². The number of rotatable bonds is 5. The lowest BCUT2D eigenvalue weighted by molar-refractivity contribution is 0.0732. The Labute approximate surface area is 111 Å². The first-order valence-corrected chi connectivity index (χ1v) is 6.11. The van der Waals surface area contributed by atoms with E-state index in [4.69, 9.17) is 5.11 Å². The Morgan fingerprint density at radius 2 is 2.32 bits per heavy atom. The Morgan fingerprint density at radius 3 is 2.95 bits per heavy atom. The third-order valence-electron chi connectivity index (χ3n) is 2.82. The third kappa shape index (κ3) is 2.97. The zero-order chi connectivity index (χ0) is 13.7. The number of hydrogen-bond acceptors (Lipinski definition) is 4. The SMILES string of the molecule is CCN(CCO)C(=O)c1cccc(-n2cncn2)c1. The summed E-state index contributed by atoms with van der Waals surface area (Å²) in [6, 6.07) is 7.17. The van der Waals surface area contributed by atoms with Crippen LogP contribution in [0.15, 0.2) is 36.9 Å². The summed E-state index contributed by atoms with van der Waals surface area (Å²) >= 11 is 0. The standard InChI is InChI=1S/C13H16N4O2/c1-2-16(6-7-18)13(19)11-4-3-5-12(8-11)17-10-14-9-15-17/h3-5,8-10,18H,2,6-7H2,1H3. The fourth-order valence-electron chi connectivity index (χ4n) is 1.83. The van der Waals surface area contributed by atoms with Gasteiger partial charge in [-0.3, -0.25) is 4.79 Å². The van der Waals surface area contributed by atoms with Gasteiger partial charge in [0.1, 0.15) is 12.7 Å². The summed E-state index contributed by atoms with van der Waals surface area (Å²) in [5, 5.41) is 13.0. The Morgan fingerprint density at radius 1 is 1.47 bits per heavy atom. The summed E-state index contributed by atoms with van der Waals surface area (Å²) in [5.41, 5.74) is 1.35. The van der Waals surface area contributed by atoms with Crippen LogP contribution in [0, 0.1) is 0 Å². The molecule has 0 bridgehead atoms. The van der Waals surface area contributed by atoms with E-state index < -0.39 is 0 Å². The van der Waals surface area contributed by atoms with Crippen LogP contribution in [0.3, 0.4) is 0 Å². The second-order valence-corrected chi connectivity index (χ2v) is 4.00. The highest BCUT2D eigenvalue weighted by Crippen LogP contribution is 2.11. The zero-order valence-electron chi connectivity index (χ0n) is 10.7. The molecule has 0 saturated heterocycles. The van der Waals surface area contributed by atoms with E-state index in [0.717, 1.165) is 5.69 Å². The molecule has 0 saturated carbocycles. The van der Waals surface area contributed by atoms with Gasteiger partial charge in [-0.1, -0.05) is 6.07 Å². The van der Waals surface area contributed by atoms with Crippen LogP contribution < -0.4 is 0 Å². The van der Waals surface area contributed by atoms with Crippen molar-refractivity contribution in [3.8, 4) is 5.69 Å². The lowest BCUT2D eigenvalue weighted by atomic mass is 10.1. The van der Waals surface area contributed by atoms with Crippen LogP contribution in [-0.2, 0) is 0 Å². The first kappa shape index (κ1) is 13.2. The Balaban J connectivity index is 2.25. The van der Waals surface area contributed by atoms with Gasteiger partial charge in [0.25, 0.3) is 5.91 Å². The third-order valence-corrected chi connectivity index (χ3v) is 2.82. The number of aliphatic hydroxyl groups excluding tert-OH is 1. The smallest absolute Gasteiger partial charge is 0.253 e. The summed E-state index contributed by atoms with van der Waals surface area (Å²) in [5.74, 6) is -0.0986. The first-order chi connectivity index (χ1) is 9.26. The van der Waals surface area contributed by atoms with Crippen molar-refractivity contribution < 1.29 is 9.90 Å². The molecule has 100 valence electrons. The number of aromatic nitrogens is 3. The van der Waals surface area contributed by atoms with E-state index in [1.165, 1.54) is 6.33 Å². The predicted octanol–water partition coefficient (Wildman–Crippen LogP) is 0.722. The molecule has 0 fully saturated rings. The molecule has 6 nitrogen and oxygen atoms in total. The second-order valence-electron chi connectivity index (χ2n) is 4.00. The highest BCUT2D eigenvalue weighted by molar-refractivity contribution is 5.94. The van der Waals surface area contributed by atoms with Crippen LogP contribution in [0.5, 0.6) is 0 Å². The molecule has 0 radical (unpaired) electrons. The van der Waals surface area contributed by atoms with E-state index in [1.54, 1.807) is 34.1 Å². The van der Waals surface area contributed by atoms with Crippen LogP contribution in [0.25, 0.3) is 5.69 Å². The van der Waals surface area contributed by atoms with Crippen LogP contribution >= 0.6 is 0 Å². The summed E-state index contributed by atoms with van der Waals surface area (Å²) in [6.07, 6.45) is 3.02. The largest absolute Gasteiger partial charge is 0.395 e. The fourth-order valence-corrected chi connectivity index (χ4v) is 1.83. The summed E-state index contributed by atoms with van der Waals surface area (Å²) in [6.45, 7) is 2.74. The molecule has 1 amide bonds. The van der Waals surface area contributed by atoms with Crippen LogP contribution in [-0.4, -0.2) is 50.4 Å². The summed E-state index contributed by atoms with van der Waals surface area (Å²) in [7, 11) is 0. The number of carbonyl (C=O) groups is 1. The van der Waals surface area contributed by atoms with Crippen LogP contribution in [0.2, 0.25) is 0 Å². The van der Waals surface area contributed by atoms with E-state index in [2.05, 4.69) is 10.1 Å². The lowest BCUT2D eigenvalue weighted by Crippen LogP contribution is -2.33. The molecule has 0 atom stereocenters. The molecule has 2 aromatic rings. The summed E-state index contributed by atoms with van der Waals surface area (Å²) in [4.78, 5) is 17.7. The van der Waals surface area contributed by atoms with Crippen LogP contribution in [0.1, 0.15) is 17.3 Å². The minimum absolute atomic E-state index is 0.0393. The van der Waals surface area contributed by atoms with Crippen molar-refractivity contribution in [2.45, 2.75) is 6.92 Å². The molecule has 1 heterocycles. The van der Waals surface area contributed by atoms with E-state index >= 15 is 0 Å². The van der Waals surface area contributed by atoms with E-state index in [9.17, 15) is 4.79 Å². The number of nitrogens with zero attached hydrogens (tertiary/aromatic N) is 4. The molecule has 0 aliphatic rings. The topological polar surface area (TPSA) is 71.2 Å². The molecular formula is C13H16N4O2. The van der Waals surface area contributed by atoms with Crippen molar-refractivity contribution in [1.29, 1.82) is 0 Å². The molecule has 2 rings (SSSR count). The number of benzene rings is 1. The van der Waals surface area contributed by atoms with Crippen molar-refractivity contribution >= 4 is 5.91 Å². The molecular weight excluding hydrogens is 244 g/mol. The van der Waals surface area contributed by atoms with Gasteiger partial charge in [0.05, 0.1) is 12.3 Å². The molecule has 0 unspecified atom stereocenters. The van der Waals surface area contributed by atoms with E-state index in [-0.39, 0.29) is 12.5 Å². The normalized spacial score (nSPS) is 10.4. The monoisotopic (exact) mass is 260 g/mol. The van der Waals surface area contributed by atoms with Crippen molar-refractivity contribution in [3.05, 3.63) is 42.5 Å². The number of likely N-dealkylation sites (N-methyl/N-ethyl adjacent to an activating group) is 1. The van der Waals surface area contributed by atoms with Gasteiger partial charge >= 0.3 is 0 Å². The number of hydrogen-bond donors (Lipinski definition) is 1. The maximum absolute atomic E-state index is 12.3. The summed E-state index contributed by atoms with van der Waals surface area (Å²) < 4.78 is 1.60. The predicted molar refractivity (Wildman–Crippen MR) is 70.0 cm³/mol.